The summed E-state index contributed by atoms with van der Waals surface area (Å²) in [6.45, 7) is 6.98. The molecule has 1 atom stereocenters. The smallest absolute Gasteiger partial charge is 0.255 e. The lowest BCUT2D eigenvalue weighted by Crippen LogP contribution is -2.27. The Labute approximate surface area is 183 Å². The summed E-state index contributed by atoms with van der Waals surface area (Å²) in [6, 6.07) is 9.01. The summed E-state index contributed by atoms with van der Waals surface area (Å²) in [5.41, 5.74) is 0.885. The molecule has 0 saturated carbocycles. The molecule has 0 saturated heterocycles. The van der Waals surface area contributed by atoms with E-state index in [0.29, 0.717) is 24.7 Å². The highest BCUT2D eigenvalue weighted by atomic mass is 32.2. The number of sulfonamides is 1. The van der Waals surface area contributed by atoms with Crippen LogP contribution in [0, 0.1) is 0 Å². The number of rotatable bonds is 11. The molecule has 1 amide bonds. The van der Waals surface area contributed by atoms with Crippen LogP contribution in [0.4, 0.5) is 0 Å². The van der Waals surface area contributed by atoms with Crippen molar-refractivity contribution in [3.63, 3.8) is 0 Å². The van der Waals surface area contributed by atoms with E-state index in [9.17, 15) is 13.2 Å². The van der Waals surface area contributed by atoms with Gasteiger partial charge in [0.25, 0.3) is 5.91 Å². The van der Waals surface area contributed by atoms with Gasteiger partial charge in [0.15, 0.2) is 11.5 Å². The molecule has 0 aliphatic carbocycles. The van der Waals surface area contributed by atoms with Gasteiger partial charge < -0.3 is 19.5 Å². The van der Waals surface area contributed by atoms with Crippen LogP contribution < -0.4 is 24.7 Å². The molecule has 1 unspecified atom stereocenters. The number of methoxy groups -OCH3 is 1. The molecule has 0 aromatic heterocycles. The topological polar surface area (TPSA) is 117 Å². The molecule has 9 heteroatoms. The third kappa shape index (κ3) is 6.60. The van der Waals surface area contributed by atoms with Crippen molar-refractivity contribution in [2.45, 2.75) is 44.6 Å². The lowest BCUT2D eigenvalue weighted by molar-refractivity contribution is 0.0936. The highest BCUT2D eigenvalue weighted by Crippen LogP contribution is 2.31. The monoisotopic (exact) mass is 450 g/mol. The van der Waals surface area contributed by atoms with Crippen LogP contribution in [0.2, 0.25) is 0 Å². The molecule has 0 aliphatic rings. The van der Waals surface area contributed by atoms with Gasteiger partial charge in [-0.2, -0.15) is 0 Å². The zero-order valence-corrected chi connectivity index (χ0v) is 19.1. The Hall–Kier alpha value is -2.78. The molecule has 0 radical (unpaired) electrons. The van der Waals surface area contributed by atoms with Gasteiger partial charge >= 0.3 is 0 Å². The van der Waals surface area contributed by atoms with Crippen molar-refractivity contribution in [1.29, 1.82) is 0 Å². The lowest BCUT2D eigenvalue weighted by Gasteiger charge is -2.19. The van der Waals surface area contributed by atoms with Gasteiger partial charge in [-0.1, -0.05) is 19.9 Å². The van der Waals surface area contributed by atoms with Crippen molar-refractivity contribution < 1.29 is 27.4 Å². The first kappa shape index (κ1) is 24.5. The number of carbonyl (C=O) groups is 1. The number of nitrogens with one attached hydrogen (secondary N) is 1. The molecule has 0 aliphatic heterocycles. The van der Waals surface area contributed by atoms with Crippen LogP contribution in [-0.4, -0.2) is 34.6 Å². The third-order valence-electron chi connectivity index (χ3n) is 4.48. The van der Waals surface area contributed by atoms with Crippen LogP contribution in [0.3, 0.4) is 0 Å². The van der Waals surface area contributed by atoms with Gasteiger partial charge in [-0.3, -0.25) is 4.79 Å². The van der Waals surface area contributed by atoms with E-state index in [4.69, 9.17) is 19.3 Å². The molecular weight excluding hydrogens is 420 g/mol. The molecule has 2 aromatic carbocycles. The number of benzene rings is 2. The molecule has 31 heavy (non-hydrogen) atoms. The Morgan fingerprint density at radius 1 is 1.00 bits per heavy atom. The number of carbonyl (C=O) groups excluding carboxylic acids is 1. The number of nitrogens with two attached hydrogens (primary N) is 1. The highest BCUT2D eigenvalue weighted by Gasteiger charge is 2.20. The number of primary sulfonamides is 1. The third-order valence-corrected chi connectivity index (χ3v) is 5.39. The van der Waals surface area contributed by atoms with Crippen LogP contribution >= 0.6 is 0 Å². The Balaban J connectivity index is 2.28. The molecule has 2 aromatic rings. The number of ether oxygens (including phenoxy) is 3. The first-order chi connectivity index (χ1) is 14.7. The molecule has 8 nitrogen and oxygen atoms in total. The van der Waals surface area contributed by atoms with Crippen molar-refractivity contribution in [3.8, 4) is 17.2 Å². The minimum atomic E-state index is -3.96. The van der Waals surface area contributed by atoms with Gasteiger partial charge in [-0.25, -0.2) is 13.6 Å². The van der Waals surface area contributed by atoms with Crippen molar-refractivity contribution in [2.75, 3.05) is 20.3 Å². The standard InChI is InChI=1S/C22H30N2O6S/c1-5-11-29-20-9-7-16(13-21(20)30-12-6-2)15(3)24-22(25)18-14-17(31(23,26)27)8-10-19(18)28-4/h7-10,13-15H,5-6,11-12H2,1-4H3,(H,24,25)(H2,23,26,27). The number of hydrogen-bond donors (Lipinski definition) is 2. The Morgan fingerprint density at radius 2 is 1.61 bits per heavy atom. The van der Waals surface area contributed by atoms with Gasteiger partial charge in [0.2, 0.25) is 10.0 Å². The fourth-order valence-corrected chi connectivity index (χ4v) is 3.39. The summed E-state index contributed by atoms with van der Waals surface area (Å²) in [5, 5.41) is 8.05. The van der Waals surface area contributed by atoms with Gasteiger partial charge in [-0.05, 0) is 55.7 Å². The average Bonchev–Trinajstić information content (AvgIpc) is 2.75. The van der Waals surface area contributed by atoms with E-state index >= 15 is 0 Å². The van der Waals surface area contributed by atoms with Crippen molar-refractivity contribution >= 4 is 15.9 Å². The summed E-state index contributed by atoms with van der Waals surface area (Å²) in [4.78, 5) is 12.7. The lowest BCUT2D eigenvalue weighted by atomic mass is 10.1. The molecule has 0 heterocycles. The fourth-order valence-electron chi connectivity index (χ4n) is 2.85. The molecular formula is C22H30N2O6S. The second-order valence-corrected chi connectivity index (χ2v) is 8.57. The van der Waals surface area contributed by atoms with Gasteiger partial charge in [0.05, 0.1) is 36.8 Å². The molecule has 2 rings (SSSR count). The van der Waals surface area contributed by atoms with E-state index in [1.54, 1.807) is 0 Å². The summed E-state index contributed by atoms with van der Waals surface area (Å²) in [5.74, 6) is 1.02. The molecule has 0 fully saturated rings. The highest BCUT2D eigenvalue weighted by molar-refractivity contribution is 7.89. The zero-order valence-electron chi connectivity index (χ0n) is 18.3. The minimum Gasteiger partial charge on any atom is -0.496 e. The summed E-state index contributed by atoms with van der Waals surface area (Å²) >= 11 is 0. The first-order valence-electron chi connectivity index (χ1n) is 10.1. The van der Waals surface area contributed by atoms with E-state index < -0.39 is 15.9 Å². The average molecular weight is 451 g/mol. The van der Waals surface area contributed by atoms with Crippen LogP contribution in [0.15, 0.2) is 41.3 Å². The van der Waals surface area contributed by atoms with E-state index in [0.717, 1.165) is 18.4 Å². The van der Waals surface area contributed by atoms with Crippen molar-refractivity contribution in [1.82, 2.24) is 5.32 Å². The number of amides is 1. The van der Waals surface area contributed by atoms with Crippen LogP contribution in [0.1, 0.15) is 55.6 Å². The van der Waals surface area contributed by atoms with E-state index in [1.165, 1.54) is 25.3 Å². The molecule has 170 valence electrons. The summed E-state index contributed by atoms with van der Waals surface area (Å²) < 4.78 is 40.1. The second kappa shape index (κ2) is 11.0. The Morgan fingerprint density at radius 3 is 2.19 bits per heavy atom. The minimum absolute atomic E-state index is 0.0752. The Bertz CT molecular complexity index is 1010. The summed E-state index contributed by atoms with van der Waals surface area (Å²) in [7, 11) is -2.56. The van der Waals surface area contributed by atoms with Crippen molar-refractivity contribution in [2.24, 2.45) is 5.14 Å². The SMILES string of the molecule is CCCOc1ccc(C(C)NC(=O)c2cc(S(N)(=O)=O)ccc2OC)cc1OCCC. The van der Waals surface area contributed by atoms with Crippen LogP contribution in [-0.2, 0) is 10.0 Å². The number of hydrogen-bond acceptors (Lipinski definition) is 6. The molecule has 3 N–H and O–H groups in total. The van der Waals surface area contributed by atoms with Crippen LogP contribution in [0.5, 0.6) is 17.2 Å². The molecule has 0 bridgehead atoms. The largest absolute Gasteiger partial charge is 0.496 e. The van der Waals surface area contributed by atoms with Gasteiger partial charge in [-0.15, -0.1) is 0 Å². The fraction of sp³-hybridized carbons (Fsp3) is 0.409. The van der Waals surface area contributed by atoms with Crippen molar-refractivity contribution in [3.05, 3.63) is 47.5 Å². The normalized spacial score (nSPS) is 12.2. The van der Waals surface area contributed by atoms with Crippen LogP contribution in [0.25, 0.3) is 0 Å². The van der Waals surface area contributed by atoms with E-state index in [-0.39, 0.29) is 22.3 Å². The van der Waals surface area contributed by atoms with Gasteiger partial charge in [0.1, 0.15) is 5.75 Å². The molecule has 0 spiro atoms. The second-order valence-electron chi connectivity index (χ2n) is 7.01. The predicted octanol–water partition coefficient (Wildman–Crippen LogP) is 3.41. The quantitative estimate of drug-likeness (QED) is 0.542. The maximum Gasteiger partial charge on any atom is 0.255 e. The maximum absolute atomic E-state index is 12.9. The zero-order chi connectivity index (χ0) is 23.0. The van der Waals surface area contributed by atoms with Gasteiger partial charge in [0, 0.05) is 0 Å². The van der Waals surface area contributed by atoms with E-state index in [1.807, 2.05) is 39.0 Å². The summed E-state index contributed by atoms with van der Waals surface area (Å²) in [6.07, 6.45) is 1.73. The Kier molecular flexibility index (Phi) is 8.70. The maximum atomic E-state index is 12.9. The predicted molar refractivity (Wildman–Crippen MR) is 118 cm³/mol. The first-order valence-corrected chi connectivity index (χ1v) is 11.7. The van der Waals surface area contributed by atoms with E-state index in [2.05, 4.69) is 5.32 Å².